The van der Waals surface area contributed by atoms with Crippen LogP contribution in [0.3, 0.4) is 0 Å². The second-order valence-electron chi connectivity index (χ2n) is 4.96. The first kappa shape index (κ1) is 17.1. The summed E-state index contributed by atoms with van der Waals surface area (Å²) in [5.74, 6) is 0.111. The molecule has 7 heteroatoms. The fraction of sp³-hybridized carbons (Fsp3) is 0.118. The van der Waals surface area contributed by atoms with Crippen LogP contribution in [-0.2, 0) is 0 Å². The van der Waals surface area contributed by atoms with E-state index in [-0.39, 0.29) is 22.5 Å². The van der Waals surface area contributed by atoms with E-state index in [0.29, 0.717) is 11.3 Å². The molecule has 0 atom stereocenters. The van der Waals surface area contributed by atoms with E-state index in [1.165, 1.54) is 6.34 Å². The Balaban J connectivity index is 2.82. The minimum Gasteiger partial charge on any atom is -0.369 e. The number of rotatable bonds is 3. The van der Waals surface area contributed by atoms with Gasteiger partial charge in [-0.2, -0.15) is 15.8 Å². The Bertz CT molecular complexity index is 924. The van der Waals surface area contributed by atoms with Gasteiger partial charge in [-0.05, 0) is 12.1 Å². The van der Waals surface area contributed by atoms with Crippen LogP contribution >= 0.6 is 15.9 Å². The molecule has 0 saturated heterocycles. The summed E-state index contributed by atoms with van der Waals surface area (Å²) in [6.45, 7) is 0. The summed E-state index contributed by atoms with van der Waals surface area (Å²) in [7, 11) is 3.56. The smallest absolute Gasteiger partial charge is 0.173 e. The molecule has 2 aromatic rings. The monoisotopic (exact) mass is 378 g/mol. The molecule has 24 heavy (non-hydrogen) atoms. The zero-order valence-electron chi connectivity index (χ0n) is 12.9. The van der Waals surface area contributed by atoms with Crippen LogP contribution in [0.25, 0.3) is 11.3 Å². The summed E-state index contributed by atoms with van der Waals surface area (Å²) in [6.07, 6.45) is 1.49. The van der Waals surface area contributed by atoms with E-state index in [1.54, 1.807) is 31.1 Å². The van der Waals surface area contributed by atoms with Crippen molar-refractivity contribution in [3.63, 3.8) is 0 Å². The molecule has 6 nitrogen and oxygen atoms in total. The highest BCUT2D eigenvalue weighted by Gasteiger charge is 2.20. The van der Waals surface area contributed by atoms with Crippen molar-refractivity contribution in [2.75, 3.05) is 14.1 Å². The number of benzene rings is 1. The summed E-state index contributed by atoms with van der Waals surface area (Å²) in [5.41, 5.74) is 1.04. The third-order valence-corrected chi connectivity index (χ3v) is 3.57. The molecule has 1 aromatic carbocycles. The predicted octanol–water partition coefficient (Wildman–Crippen LogP) is 3.35. The summed E-state index contributed by atoms with van der Waals surface area (Å²) >= 11 is 3.35. The maximum atomic E-state index is 9.47. The number of nitriles is 3. The SMILES string of the molecule is CN(C)C=Nc1nc(-c2ccc(Br)cc2)c(C#N)c(C#N)c1C#N. The van der Waals surface area contributed by atoms with Gasteiger partial charge in [0.05, 0.1) is 23.2 Å². The van der Waals surface area contributed by atoms with Gasteiger partial charge in [-0.15, -0.1) is 0 Å². The molecule has 116 valence electrons. The molecule has 1 heterocycles. The summed E-state index contributed by atoms with van der Waals surface area (Å²) < 4.78 is 0.879. The van der Waals surface area contributed by atoms with Gasteiger partial charge in [0.15, 0.2) is 5.82 Å². The zero-order chi connectivity index (χ0) is 17.7. The van der Waals surface area contributed by atoms with Crippen LogP contribution in [0.15, 0.2) is 33.7 Å². The number of pyridine rings is 1. The maximum Gasteiger partial charge on any atom is 0.173 e. The third kappa shape index (κ3) is 3.41. The molecule has 0 spiro atoms. The van der Waals surface area contributed by atoms with E-state index >= 15 is 0 Å². The van der Waals surface area contributed by atoms with Gasteiger partial charge in [-0.1, -0.05) is 28.1 Å². The molecular weight excluding hydrogens is 368 g/mol. The van der Waals surface area contributed by atoms with Crippen molar-refractivity contribution in [3.05, 3.63) is 45.4 Å². The maximum absolute atomic E-state index is 9.47. The number of halogens is 1. The van der Waals surface area contributed by atoms with E-state index < -0.39 is 0 Å². The normalized spacial score (nSPS) is 10.0. The highest BCUT2D eigenvalue weighted by Crippen LogP contribution is 2.31. The van der Waals surface area contributed by atoms with Crippen molar-refractivity contribution in [2.24, 2.45) is 4.99 Å². The lowest BCUT2D eigenvalue weighted by molar-refractivity contribution is 0.643. The second kappa shape index (κ2) is 7.37. The Morgan fingerprint density at radius 2 is 1.58 bits per heavy atom. The van der Waals surface area contributed by atoms with Gasteiger partial charge in [-0.25, -0.2) is 9.98 Å². The van der Waals surface area contributed by atoms with Crippen molar-refractivity contribution in [3.8, 4) is 29.5 Å². The Morgan fingerprint density at radius 1 is 1.00 bits per heavy atom. The molecule has 0 aliphatic heterocycles. The van der Waals surface area contributed by atoms with Crippen molar-refractivity contribution in [1.82, 2.24) is 9.88 Å². The molecule has 1 aromatic heterocycles. The van der Waals surface area contributed by atoms with E-state index in [1.807, 2.05) is 30.3 Å². The Kier molecular flexibility index (Phi) is 5.27. The van der Waals surface area contributed by atoms with Gasteiger partial charge in [0.25, 0.3) is 0 Å². The standard InChI is InChI=1S/C17H11BrN6/c1-24(2)10-22-17-15(9-21)13(7-19)14(8-20)16(23-17)11-3-5-12(18)6-4-11/h3-6,10H,1-2H3. The largest absolute Gasteiger partial charge is 0.369 e. The molecule has 0 bridgehead atoms. The number of aliphatic imine (C=N–C) groups is 1. The summed E-state index contributed by atoms with van der Waals surface area (Å²) in [5, 5.41) is 28.3. The van der Waals surface area contributed by atoms with Crippen LogP contribution in [0, 0.1) is 34.0 Å². The summed E-state index contributed by atoms with van der Waals surface area (Å²) in [6, 6.07) is 13.0. The van der Waals surface area contributed by atoms with Crippen LogP contribution < -0.4 is 0 Å². The van der Waals surface area contributed by atoms with Crippen molar-refractivity contribution in [2.45, 2.75) is 0 Å². The van der Waals surface area contributed by atoms with Crippen molar-refractivity contribution >= 4 is 28.1 Å². The quantitative estimate of drug-likeness (QED) is 0.601. The first-order valence-corrected chi connectivity index (χ1v) is 7.56. The number of nitrogens with zero attached hydrogens (tertiary/aromatic N) is 6. The van der Waals surface area contributed by atoms with Gasteiger partial charge in [0.1, 0.15) is 23.8 Å². The minimum atomic E-state index is -0.0150. The fourth-order valence-corrected chi connectivity index (χ4v) is 2.24. The first-order valence-electron chi connectivity index (χ1n) is 6.76. The highest BCUT2D eigenvalue weighted by atomic mass is 79.9. The molecule has 0 aliphatic carbocycles. The van der Waals surface area contributed by atoms with E-state index in [0.717, 1.165) is 4.47 Å². The number of hydrogen-bond donors (Lipinski definition) is 0. The highest BCUT2D eigenvalue weighted by molar-refractivity contribution is 9.10. The molecule has 0 aliphatic rings. The molecule has 0 fully saturated rings. The van der Waals surface area contributed by atoms with Crippen LogP contribution in [0.2, 0.25) is 0 Å². The fourth-order valence-electron chi connectivity index (χ4n) is 1.98. The Hall–Kier alpha value is -3.21. The lowest BCUT2D eigenvalue weighted by Gasteiger charge is -2.10. The van der Waals surface area contributed by atoms with Crippen LogP contribution in [0.1, 0.15) is 16.7 Å². The Morgan fingerprint density at radius 3 is 2.08 bits per heavy atom. The lowest BCUT2D eigenvalue weighted by atomic mass is 9.98. The van der Waals surface area contributed by atoms with Gasteiger partial charge in [0, 0.05) is 24.1 Å². The number of aromatic nitrogens is 1. The molecule has 0 N–H and O–H groups in total. The van der Waals surface area contributed by atoms with Crippen molar-refractivity contribution in [1.29, 1.82) is 15.8 Å². The molecule has 2 rings (SSSR count). The van der Waals surface area contributed by atoms with Crippen molar-refractivity contribution < 1.29 is 0 Å². The van der Waals surface area contributed by atoms with Gasteiger partial charge < -0.3 is 4.90 Å². The van der Waals surface area contributed by atoms with E-state index in [2.05, 4.69) is 25.9 Å². The van der Waals surface area contributed by atoms with E-state index in [9.17, 15) is 15.8 Å². The van der Waals surface area contributed by atoms with Crippen LogP contribution in [0.5, 0.6) is 0 Å². The summed E-state index contributed by atoms with van der Waals surface area (Å²) in [4.78, 5) is 10.2. The topological polar surface area (TPSA) is 99.9 Å². The van der Waals surface area contributed by atoms with Gasteiger partial charge >= 0.3 is 0 Å². The average Bonchev–Trinajstić information content (AvgIpc) is 2.58. The van der Waals surface area contributed by atoms with Crippen LogP contribution in [0.4, 0.5) is 5.82 Å². The lowest BCUT2D eigenvalue weighted by Crippen LogP contribution is -2.08. The predicted molar refractivity (Wildman–Crippen MR) is 93.4 cm³/mol. The van der Waals surface area contributed by atoms with Gasteiger partial charge in [0.2, 0.25) is 0 Å². The van der Waals surface area contributed by atoms with Gasteiger partial charge in [-0.3, -0.25) is 0 Å². The van der Waals surface area contributed by atoms with Crippen LogP contribution in [-0.4, -0.2) is 30.3 Å². The molecular formula is C17H11BrN6. The molecule has 0 radical (unpaired) electrons. The molecule has 0 unspecified atom stereocenters. The molecule has 0 amide bonds. The number of hydrogen-bond acceptors (Lipinski definition) is 5. The van der Waals surface area contributed by atoms with E-state index in [4.69, 9.17) is 0 Å². The Labute approximate surface area is 148 Å². The third-order valence-electron chi connectivity index (χ3n) is 3.04. The second-order valence-corrected chi connectivity index (χ2v) is 5.88. The molecule has 0 saturated carbocycles. The first-order chi connectivity index (χ1) is 11.5. The minimum absolute atomic E-state index is 0.00647. The average molecular weight is 379 g/mol. The zero-order valence-corrected chi connectivity index (χ0v) is 14.5.